The van der Waals surface area contributed by atoms with Crippen LogP contribution >= 0.6 is 0 Å². The highest BCUT2D eigenvalue weighted by atomic mass is 16.5. The first-order valence-electron chi connectivity index (χ1n) is 8.21. The van der Waals surface area contributed by atoms with E-state index in [1.54, 1.807) is 15.6 Å². The Bertz CT molecular complexity index is 684. The maximum absolute atomic E-state index is 12.8. The summed E-state index contributed by atoms with van der Waals surface area (Å²) in [6.45, 7) is 6.09. The van der Waals surface area contributed by atoms with E-state index in [9.17, 15) is 14.4 Å². The summed E-state index contributed by atoms with van der Waals surface area (Å²) >= 11 is 0. The summed E-state index contributed by atoms with van der Waals surface area (Å²) in [5, 5.41) is 6.70. The number of carbonyl (C=O) groups is 3. The molecule has 2 aliphatic rings. The Morgan fingerprint density at radius 3 is 2.92 bits per heavy atom. The number of carbonyl (C=O) groups excluding carboxylic acids is 3. The Morgan fingerprint density at radius 1 is 1.46 bits per heavy atom. The van der Waals surface area contributed by atoms with Crippen LogP contribution in [0.3, 0.4) is 0 Å². The first-order valence-corrected chi connectivity index (χ1v) is 8.21. The lowest BCUT2D eigenvalue weighted by molar-refractivity contribution is -0.128. The molecule has 1 atom stereocenters. The van der Waals surface area contributed by atoms with E-state index >= 15 is 0 Å². The Kier molecular flexibility index (Phi) is 4.40. The first-order chi connectivity index (χ1) is 11.4. The fraction of sp³-hybridized carbons (Fsp3) is 0.625. The number of rotatable bonds is 5. The van der Waals surface area contributed by atoms with E-state index in [0.29, 0.717) is 38.4 Å². The van der Waals surface area contributed by atoms with Crippen molar-refractivity contribution in [3.63, 3.8) is 0 Å². The van der Waals surface area contributed by atoms with Gasteiger partial charge in [-0.25, -0.2) is 0 Å². The van der Waals surface area contributed by atoms with Crippen molar-refractivity contribution in [2.45, 2.75) is 33.2 Å². The predicted octanol–water partition coefficient (Wildman–Crippen LogP) is 0.107. The Hall–Kier alpha value is -2.22. The van der Waals surface area contributed by atoms with Gasteiger partial charge in [-0.3, -0.25) is 24.4 Å². The molecule has 1 aromatic heterocycles. The molecule has 0 radical (unpaired) electrons. The Labute approximate surface area is 140 Å². The molecular formula is C16H22N4O4. The van der Waals surface area contributed by atoms with Crippen molar-refractivity contribution < 1.29 is 19.1 Å². The standard InChI is InChI=1S/C16H22N4O4/c1-3-24-7-6-20-12(8-11(2)18-20)14(22)19-5-4-16(10-19)9-13(21)17-15(16)23/h8H,3-7,9-10H2,1-2H3,(H,17,21,23). The van der Waals surface area contributed by atoms with Crippen molar-refractivity contribution in [3.05, 3.63) is 17.5 Å². The minimum Gasteiger partial charge on any atom is -0.380 e. The zero-order valence-corrected chi connectivity index (χ0v) is 14.0. The normalized spacial score (nSPS) is 23.3. The average molecular weight is 334 g/mol. The zero-order chi connectivity index (χ0) is 17.3. The van der Waals surface area contributed by atoms with Gasteiger partial charge in [-0.1, -0.05) is 0 Å². The minimum absolute atomic E-state index is 0.156. The summed E-state index contributed by atoms with van der Waals surface area (Å²) in [6, 6.07) is 1.75. The topological polar surface area (TPSA) is 93.5 Å². The summed E-state index contributed by atoms with van der Waals surface area (Å²) in [7, 11) is 0. The summed E-state index contributed by atoms with van der Waals surface area (Å²) in [6.07, 6.45) is 0.681. The summed E-state index contributed by atoms with van der Waals surface area (Å²) < 4.78 is 6.98. The quantitative estimate of drug-likeness (QED) is 0.609. The second-order valence-electron chi connectivity index (χ2n) is 6.40. The number of ether oxygens (including phenoxy) is 1. The third-order valence-electron chi connectivity index (χ3n) is 4.65. The lowest BCUT2D eigenvalue weighted by atomic mass is 9.85. The minimum atomic E-state index is -0.752. The van der Waals surface area contributed by atoms with Crippen molar-refractivity contribution in [1.29, 1.82) is 0 Å². The number of nitrogens with one attached hydrogen (secondary N) is 1. The predicted molar refractivity (Wildman–Crippen MR) is 84.2 cm³/mol. The van der Waals surface area contributed by atoms with E-state index in [4.69, 9.17) is 4.74 Å². The molecule has 2 aliphatic heterocycles. The Balaban J connectivity index is 1.74. The molecule has 0 aliphatic carbocycles. The van der Waals surface area contributed by atoms with Gasteiger partial charge in [0.05, 0.1) is 24.3 Å². The number of hydrogen-bond donors (Lipinski definition) is 1. The monoisotopic (exact) mass is 334 g/mol. The number of nitrogens with zero attached hydrogens (tertiary/aromatic N) is 3. The summed E-state index contributed by atoms with van der Waals surface area (Å²) in [4.78, 5) is 38.1. The molecule has 0 bridgehead atoms. The highest BCUT2D eigenvalue weighted by Gasteiger charge is 2.52. The van der Waals surface area contributed by atoms with Gasteiger partial charge in [0.1, 0.15) is 5.69 Å². The average Bonchev–Trinajstić information content (AvgIpc) is 3.18. The van der Waals surface area contributed by atoms with E-state index in [0.717, 1.165) is 5.69 Å². The van der Waals surface area contributed by atoms with Crippen molar-refractivity contribution in [1.82, 2.24) is 20.0 Å². The molecule has 1 aromatic rings. The second kappa shape index (κ2) is 6.35. The van der Waals surface area contributed by atoms with Crippen LogP contribution in [-0.4, -0.2) is 58.7 Å². The molecule has 0 saturated carbocycles. The maximum Gasteiger partial charge on any atom is 0.272 e. The van der Waals surface area contributed by atoms with Crippen LogP contribution in [0.4, 0.5) is 0 Å². The molecule has 1 unspecified atom stereocenters. The van der Waals surface area contributed by atoms with E-state index in [1.165, 1.54) is 0 Å². The van der Waals surface area contributed by atoms with Crippen LogP contribution < -0.4 is 5.32 Å². The molecule has 24 heavy (non-hydrogen) atoms. The lowest BCUT2D eigenvalue weighted by Gasteiger charge is -2.20. The van der Waals surface area contributed by atoms with Crippen LogP contribution in [0, 0.1) is 12.3 Å². The molecule has 1 spiro atoms. The molecule has 0 aromatic carbocycles. The molecule has 2 saturated heterocycles. The van der Waals surface area contributed by atoms with Crippen molar-refractivity contribution in [3.8, 4) is 0 Å². The fourth-order valence-electron chi connectivity index (χ4n) is 3.41. The molecule has 3 heterocycles. The highest BCUT2D eigenvalue weighted by molar-refractivity contribution is 6.06. The lowest BCUT2D eigenvalue weighted by Crippen LogP contribution is -2.37. The smallest absolute Gasteiger partial charge is 0.272 e. The van der Waals surface area contributed by atoms with Crippen molar-refractivity contribution in [2.75, 3.05) is 26.3 Å². The van der Waals surface area contributed by atoms with E-state index < -0.39 is 5.41 Å². The van der Waals surface area contributed by atoms with Gasteiger partial charge in [0, 0.05) is 26.1 Å². The molecule has 3 amide bonds. The molecule has 130 valence electrons. The fourth-order valence-corrected chi connectivity index (χ4v) is 3.41. The first kappa shape index (κ1) is 16.6. The van der Waals surface area contributed by atoms with Gasteiger partial charge in [0.25, 0.3) is 5.91 Å². The third-order valence-corrected chi connectivity index (χ3v) is 4.65. The highest BCUT2D eigenvalue weighted by Crippen LogP contribution is 2.38. The van der Waals surface area contributed by atoms with Gasteiger partial charge in [0.15, 0.2) is 0 Å². The maximum atomic E-state index is 12.8. The van der Waals surface area contributed by atoms with E-state index in [2.05, 4.69) is 10.4 Å². The molecule has 8 heteroatoms. The SMILES string of the molecule is CCOCCn1nc(C)cc1C(=O)N1CCC2(CC(=O)NC2=O)C1. The largest absolute Gasteiger partial charge is 0.380 e. The number of likely N-dealkylation sites (tertiary alicyclic amines) is 1. The number of aromatic nitrogens is 2. The van der Waals surface area contributed by atoms with Crippen LogP contribution in [-0.2, 0) is 20.9 Å². The summed E-state index contributed by atoms with van der Waals surface area (Å²) in [5.41, 5.74) is 0.504. The Morgan fingerprint density at radius 2 is 2.25 bits per heavy atom. The van der Waals surface area contributed by atoms with Gasteiger partial charge >= 0.3 is 0 Å². The van der Waals surface area contributed by atoms with Gasteiger partial charge in [-0.15, -0.1) is 0 Å². The van der Waals surface area contributed by atoms with Gasteiger partial charge in [-0.2, -0.15) is 5.10 Å². The molecule has 3 rings (SSSR count). The van der Waals surface area contributed by atoms with Crippen molar-refractivity contribution >= 4 is 17.7 Å². The van der Waals surface area contributed by atoms with Crippen LogP contribution in [0.2, 0.25) is 0 Å². The van der Waals surface area contributed by atoms with Gasteiger partial charge < -0.3 is 9.64 Å². The number of amides is 3. The third kappa shape index (κ3) is 2.93. The number of aryl methyl sites for hydroxylation is 1. The van der Waals surface area contributed by atoms with Crippen LogP contribution in [0.15, 0.2) is 6.07 Å². The second-order valence-corrected chi connectivity index (χ2v) is 6.40. The number of hydrogen-bond acceptors (Lipinski definition) is 5. The molecule has 2 fully saturated rings. The van der Waals surface area contributed by atoms with Gasteiger partial charge in [-0.05, 0) is 26.3 Å². The van der Waals surface area contributed by atoms with Crippen LogP contribution in [0.5, 0.6) is 0 Å². The zero-order valence-electron chi connectivity index (χ0n) is 14.0. The molecule has 1 N–H and O–H groups in total. The van der Waals surface area contributed by atoms with Crippen LogP contribution in [0.1, 0.15) is 35.9 Å². The van der Waals surface area contributed by atoms with E-state index in [-0.39, 0.29) is 30.7 Å². The van der Waals surface area contributed by atoms with Crippen molar-refractivity contribution in [2.24, 2.45) is 5.41 Å². The molecule has 8 nitrogen and oxygen atoms in total. The van der Waals surface area contributed by atoms with E-state index in [1.807, 2.05) is 13.8 Å². The number of imide groups is 1. The molecular weight excluding hydrogens is 312 g/mol. The van der Waals surface area contributed by atoms with Crippen LogP contribution in [0.25, 0.3) is 0 Å². The van der Waals surface area contributed by atoms with Gasteiger partial charge in [0.2, 0.25) is 11.8 Å². The summed E-state index contributed by atoms with van der Waals surface area (Å²) in [5.74, 6) is -0.674.